The van der Waals surface area contributed by atoms with Gasteiger partial charge in [-0.05, 0) is 37.1 Å². The van der Waals surface area contributed by atoms with Crippen molar-refractivity contribution in [1.29, 1.82) is 0 Å². The van der Waals surface area contributed by atoms with E-state index < -0.39 is 4.92 Å². The van der Waals surface area contributed by atoms with Crippen LogP contribution in [-0.4, -0.2) is 27.7 Å². The maximum atomic E-state index is 12.6. The summed E-state index contributed by atoms with van der Waals surface area (Å²) in [6.45, 7) is 3.68. The number of nitro groups is 1. The van der Waals surface area contributed by atoms with Gasteiger partial charge in [-0.15, -0.1) is 11.8 Å². The molecule has 2 rings (SSSR count). The molecule has 0 aromatic heterocycles. The van der Waals surface area contributed by atoms with Gasteiger partial charge in [-0.1, -0.05) is 31.5 Å². The van der Waals surface area contributed by atoms with Gasteiger partial charge in [-0.2, -0.15) is 0 Å². The molecule has 1 unspecified atom stereocenters. The normalized spacial score (nSPS) is 11.5. The van der Waals surface area contributed by atoms with Crippen LogP contribution in [-0.2, 0) is 9.59 Å². The summed E-state index contributed by atoms with van der Waals surface area (Å²) in [6.07, 6.45) is 1.42. The van der Waals surface area contributed by atoms with E-state index in [-0.39, 0.29) is 28.5 Å². The van der Waals surface area contributed by atoms with Crippen LogP contribution < -0.4 is 10.6 Å². The molecule has 0 aliphatic heterocycles. The molecule has 0 aliphatic carbocycles. The first-order valence-electron chi connectivity index (χ1n) is 8.93. The van der Waals surface area contributed by atoms with E-state index in [0.29, 0.717) is 23.4 Å². The zero-order valence-corrected chi connectivity index (χ0v) is 16.6. The fraction of sp³-hybridized carbons (Fsp3) is 0.300. The van der Waals surface area contributed by atoms with Gasteiger partial charge in [-0.25, -0.2) is 0 Å². The van der Waals surface area contributed by atoms with Gasteiger partial charge in [0.25, 0.3) is 5.69 Å². The number of carbonyl (C=O) groups excluding carboxylic acids is 2. The molecule has 0 fully saturated rings. The molecule has 2 aromatic carbocycles. The van der Waals surface area contributed by atoms with Crippen LogP contribution in [0, 0.1) is 17.0 Å². The minimum atomic E-state index is -0.473. The Morgan fingerprint density at radius 3 is 2.46 bits per heavy atom. The summed E-state index contributed by atoms with van der Waals surface area (Å²) in [6, 6.07) is 13.5. The highest BCUT2D eigenvalue weighted by molar-refractivity contribution is 8.01. The quantitative estimate of drug-likeness (QED) is 0.479. The molecule has 0 heterocycles. The Morgan fingerprint density at radius 2 is 1.86 bits per heavy atom. The summed E-state index contributed by atoms with van der Waals surface area (Å²) in [5, 5.41) is 16.1. The lowest BCUT2D eigenvalue weighted by atomic mass is 10.1. The Balaban J connectivity index is 1.95. The highest BCUT2D eigenvalue weighted by Crippen LogP contribution is 2.24. The van der Waals surface area contributed by atoms with Crippen LogP contribution in [0.4, 0.5) is 17.1 Å². The fourth-order valence-electron chi connectivity index (χ4n) is 2.56. The molecule has 2 amide bonds. The van der Waals surface area contributed by atoms with Crippen LogP contribution >= 0.6 is 11.8 Å². The lowest BCUT2D eigenvalue weighted by molar-refractivity contribution is -0.384. The number of hydrogen-bond acceptors (Lipinski definition) is 5. The van der Waals surface area contributed by atoms with Crippen molar-refractivity contribution in [3.05, 3.63) is 64.2 Å². The van der Waals surface area contributed by atoms with Crippen molar-refractivity contribution >= 4 is 40.6 Å². The number of anilines is 2. The molecule has 0 aliphatic rings. The maximum absolute atomic E-state index is 12.6. The summed E-state index contributed by atoms with van der Waals surface area (Å²) < 4.78 is 0. The Hall–Kier alpha value is -2.87. The van der Waals surface area contributed by atoms with Gasteiger partial charge in [0.05, 0.1) is 15.9 Å². The predicted octanol–water partition coefficient (Wildman–Crippen LogP) is 4.38. The number of nitrogens with zero attached hydrogens (tertiary/aromatic N) is 1. The average Bonchev–Trinajstić information content (AvgIpc) is 2.67. The highest BCUT2D eigenvalue weighted by Gasteiger charge is 2.21. The number of nitro benzene ring substituents is 1. The van der Waals surface area contributed by atoms with Crippen LogP contribution in [0.3, 0.4) is 0 Å². The molecule has 148 valence electrons. The largest absolute Gasteiger partial charge is 0.325 e. The molecule has 0 saturated carbocycles. The van der Waals surface area contributed by atoms with Crippen molar-refractivity contribution in [3.63, 3.8) is 0 Å². The topological polar surface area (TPSA) is 101 Å². The molecule has 0 spiro atoms. The first-order valence-corrected chi connectivity index (χ1v) is 9.98. The van der Waals surface area contributed by atoms with Gasteiger partial charge in [0.1, 0.15) is 0 Å². The monoisotopic (exact) mass is 401 g/mol. The first-order chi connectivity index (χ1) is 13.4. The van der Waals surface area contributed by atoms with Crippen molar-refractivity contribution in [3.8, 4) is 0 Å². The van der Waals surface area contributed by atoms with Crippen molar-refractivity contribution in [2.24, 2.45) is 0 Å². The zero-order chi connectivity index (χ0) is 20.5. The number of non-ortho nitro benzene ring substituents is 1. The van der Waals surface area contributed by atoms with Gasteiger partial charge in [0.15, 0.2) is 0 Å². The lowest BCUT2D eigenvalue weighted by Gasteiger charge is -2.16. The molecular formula is C20H23N3O4S. The second-order valence-electron chi connectivity index (χ2n) is 6.25. The minimum Gasteiger partial charge on any atom is -0.325 e. The number of amides is 2. The van der Waals surface area contributed by atoms with Crippen LogP contribution in [0.1, 0.15) is 25.3 Å². The molecule has 2 aromatic rings. The van der Waals surface area contributed by atoms with Gasteiger partial charge in [0, 0.05) is 23.5 Å². The predicted molar refractivity (Wildman–Crippen MR) is 113 cm³/mol. The maximum Gasteiger partial charge on any atom is 0.269 e. The SMILES string of the molecule is CCCC(SCC(=O)Nc1ccccc1)C(=O)Nc1ccc([N+](=O)[O-])cc1C. The van der Waals surface area contributed by atoms with Gasteiger partial charge >= 0.3 is 0 Å². The molecule has 8 heteroatoms. The van der Waals surface area contributed by atoms with Crippen molar-refractivity contribution < 1.29 is 14.5 Å². The van der Waals surface area contributed by atoms with Crippen LogP contribution in [0.2, 0.25) is 0 Å². The highest BCUT2D eigenvalue weighted by atomic mass is 32.2. The fourth-order valence-corrected chi connectivity index (χ4v) is 3.60. The van der Waals surface area contributed by atoms with E-state index >= 15 is 0 Å². The number of thioether (sulfide) groups is 1. The summed E-state index contributed by atoms with van der Waals surface area (Å²) in [5.74, 6) is -0.223. The van der Waals surface area contributed by atoms with Gasteiger partial charge in [-0.3, -0.25) is 19.7 Å². The third-order valence-electron chi connectivity index (χ3n) is 4.00. The van der Waals surface area contributed by atoms with Gasteiger partial charge < -0.3 is 10.6 Å². The number of rotatable bonds is 9. The van der Waals surface area contributed by atoms with Gasteiger partial charge in [0.2, 0.25) is 11.8 Å². The molecule has 28 heavy (non-hydrogen) atoms. The Morgan fingerprint density at radius 1 is 1.14 bits per heavy atom. The summed E-state index contributed by atoms with van der Waals surface area (Å²) >= 11 is 1.28. The zero-order valence-electron chi connectivity index (χ0n) is 15.8. The number of para-hydroxylation sites is 1. The molecule has 1 atom stereocenters. The summed E-state index contributed by atoms with van der Waals surface area (Å²) in [7, 11) is 0. The third-order valence-corrected chi connectivity index (χ3v) is 5.28. The number of hydrogen-bond donors (Lipinski definition) is 2. The van der Waals surface area contributed by atoms with E-state index in [1.165, 1.54) is 30.0 Å². The number of aryl methyl sites for hydroxylation is 1. The number of carbonyl (C=O) groups is 2. The first kappa shape index (κ1) is 21.4. The van der Waals surface area contributed by atoms with Crippen molar-refractivity contribution in [1.82, 2.24) is 0 Å². The summed E-state index contributed by atoms with van der Waals surface area (Å²) in [4.78, 5) is 35.1. The van der Waals surface area contributed by atoms with E-state index in [2.05, 4.69) is 10.6 Å². The third kappa shape index (κ3) is 6.38. The van der Waals surface area contributed by atoms with Crippen molar-refractivity contribution in [2.75, 3.05) is 16.4 Å². The van der Waals surface area contributed by atoms with E-state index in [1.54, 1.807) is 19.1 Å². The van der Waals surface area contributed by atoms with E-state index in [0.717, 1.165) is 6.42 Å². The second-order valence-corrected chi connectivity index (χ2v) is 7.44. The van der Waals surface area contributed by atoms with Crippen molar-refractivity contribution in [2.45, 2.75) is 31.9 Å². The minimum absolute atomic E-state index is 0.0208. The summed E-state index contributed by atoms with van der Waals surface area (Å²) in [5.41, 5.74) is 1.84. The van der Waals surface area contributed by atoms with E-state index in [1.807, 2.05) is 25.1 Å². The Bertz CT molecular complexity index is 843. The lowest BCUT2D eigenvalue weighted by Crippen LogP contribution is -2.27. The van der Waals surface area contributed by atoms with E-state index in [4.69, 9.17) is 0 Å². The second kappa shape index (κ2) is 10.5. The molecule has 7 nitrogen and oxygen atoms in total. The van der Waals surface area contributed by atoms with Crippen LogP contribution in [0.25, 0.3) is 0 Å². The Kier molecular flexibility index (Phi) is 8.01. The van der Waals surface area contributed by atoms with E-state index in [9.17, 15) is 19.7 Å². The van der Waals surface area contributed by atoms with Crippen LogP contribution in [0.15, 0.2) is 48.5 Å². The average molecular weight is 401 g/mol. The Labute approximate surface area is 168 Å². The molecular weight excluding hydrogens is 378 g/mol. The number of nitrogens with one attached hydrogen (secondary N) is 2. The number of benzene rings is 2. The standard InChI is InChI=1S/C20H23N3O4S/c1-3-7-18(28-13-19(24)21-15-8-5-4-6-9-15)20(25)22-17-11-10-16(23(26)27)12-14(17)2/h4-6,8-12,18H,3,7,13H2,1-2H3,(H,21,24)(H,22,25). The molecule has 0 bridgehead atoms. The molecule has 2 N–H and O–H groups in total. The smallest absolute Gasteiger partial charge is 0.269 e. The molecule has 0 saturated heterocycles. The van der Waals surface area contributed by atoms with Crippen LogP contribution in [0.5, 0.6) is 0 Å². The molecule has 0 radical (unpaired) electrons.